The number of rotatable bonds is 6. The number of ether oxygens (including phenoxy) is 1. The topological polar surface area (TPSA) is 67.3 Å². The van der Waals surface area contributed by atoms with Crippen molar-refractivity contribution in [3.05, 3.63) is 12.4 Å². The summed E-state index contributed by atoms with van der Waals surface area (Å²) >= 11 is 0. The molecule has 1 saturated carbocycles. The van der Waals surface area contributed by atoms with Crippen molar-refractivity contribution in [3.63, 3.8) is 0 Å². The van der Waals surface area contributed by atoms with E-state index in [4.69, 9.17) is 4.74 Å². The number of anilines is 1. The van der Waals surface area contributed by atoms with Crippen molar-refractivity contribution in [2.45, 2.75) is 44.9 Å². The fraction of sp³-hybridized carbons (Fsp3) is 0.706. The van der Waals surface area contributed by atoms with E-state index in [1.54, 1.807) is 6.33 Å². The average Bonchev–Trinajstić information content (AvgIpc) is 3.14. The van der Waals surface area contributed by atoms with Crippen LogP contribution in [0.25, 0.3) is 0 Å². The number of nitrogens with zero attached hydrogens (tertiary/aromatic N) is 3. The van der Waals surface area contributed by atoms with Crippen molar-refractivity contribution >= 4 is 11.7 Å². The van der Waals surface area contributed by atoms with Gasteiger partial charge in [-0.25, -0.2) is 9.97 Å². The Morgan fingerprint density at radius 1 is 1.17 bits per heavy atom. The molecule has 1 N–H and O–H groups in total. The van der Waals surface area contributed by atoms with Crippen molar-refractivity contribution in [1.29, 1.82) is 0 Å². The SMILES string of the molecule is O=C(NCCOc1cc(N2CCCCC2)ncn1)C1CCCC1. The zero-order valence-corrected chi connectivity index (χ0v) is 13.7. The van der Waals surface area contributed by atoms with Crippen LogP contribution in [0.4, 0.5) is 5.82 Å². The first-order valence-corrected chi connectivity index (χ1v) is 8.80. The van der Waals surface area contributed by atoms with E-state index in [1.807, 2.05) is 6.07 Å². The van der Waals surface area contributed by atoms with Gasteiger partial charge in [0.15, 0.2) is 0 Å². The molecule has 0 bridgehead atoms. The van der Waals surface area contributed by atoms with Crippen molar-refractivity contribution < 1.29 is 9.53 Å². The lowest BCUT2D eigenvalue weighted by molar-refractivity contribution is -0.124. The van der Waals surface area contributed by atoms with Gasteiger partial charge in [0.25, 0.3) is 0 Å². The highest BCUT2D eigenvalue weighted by Crippen LogP contribution is 2.24. The Kier molecular flexibility index (Phi) is 5.66. The molecule has 0 spiro atoms. The lowest BCUT2D eigenvalue weighted by Crippen LogP contribution is -2.32. The molecule has 1 aliphatic heterocycles. The van der Waals surface area contributed by atoms with E-state index in [9.17, 15) is 4.79 Å². The second-order valence-electron chi connectivity index (χ2n) is 6.38. The Morgan fingerprint density at radius 2 is 1.96 bits per heavy atom. The third kappa shape index (κ3) is 4.56. The van der Waals surface area contributed by atoms with Crippen molar-refractivity contribution in [1.82, 2.24) is 15.3 Å². The summed E-state index contributed by atoms with van der Waals surface area (Å²) in [6.45, 7) is 3.06. The van der Waals surface area contributed by atoms with Gasteiger partial charge in [-0.2, -0.15) is 0 Å². The molecular weight excluding hydrogens is 292 g/mol. The summed E-state index contributed by atoms with van der Waals surface area (Å²) in [7, 11) is 0. The van der Waals surface area contributed by atoms with Crippen LogP contribution < -0.4 is 15.0 Å². The molecule has 0 aromatic carbocycles. The number of piperidine rings is 1. The van der Waals surface area contributed by atoms with Crippen LogP contribution in [-0.4, -0.2) is 42.1 Å². The normalized spacial score (nSPS) is 18.9. The first-order chi connectivity index (χ1) is 11.3. The fourth-order valence-corrected chi connectivity index (χ4v) is 3.37. The molecule has 6 nitrogen and oxygen atoms in total. The lowest BCUT2D eigenvalue weighted by atomic mass is 10.1. The minimum atomic E-state index is 0.169. The summed E-state index contributed by atoms with van der Waals surface area (Å²) in [6.07, 6.45) is 9.68. The highest BCUT2D eigenvalue weighted by molar-refractivity contribution is 5.78. The van der Waals surface area contributed by atoms with Crippen molar-refractivity contribution in [3.8, 4) is 5.88 Å². The van der Waals surface area contributed by atoms with Crippen LogP contribution in [0.5, 0.6) is 5.88 Å². The zero-order valence-electron chi connectivity index (χ0n) is 13.7. The molecule has 0 unspecified atom stereocenters. The third-order valence-electron chi connectivity index (χ3n) is 4.68. The van der Waals surface area contributed by atoms with Crippen molar-refractivity contribution in [2.75, 3.05) is 31.1 Å². The molecule has 1 aromatic heterocycles. The monoisotopic (exact) mass is 318 g/mol. The molecule has 3 rings (SSSR count). The van der Waals surface area contributed by atoms with E-state index < -0.39 is 0 Å². The van der Waals surface area contributed by atoms with E-state index in [-0.39, 0.29) is 11.8 Å². The highest BCUT2D eigenvalue weighted by atomic mass is 16.5. The lowest BCUT2D eigenvalue weighted by Gasteiger charge is -2.27. The van der Waals surface area contributed by atoms with Gasteiger partial charge in [0.1, 0.15) is 18.8 Å². The average molecular weight is 318 g/mol. The van der Waals surface area contributed by atoms with E-state index in [0.717, 1.165) is 31.7 Å². The molecule has 23 heavy (non-hydrogen) atoms. The summed E-state index contributed by atoms with van der Waals surface area (Å²) in [4.78, 5) is 22.7. The minimum Gasteiger partial charge on any atom is -0.476 e. The van der Waals surface area contributed by atoms with Gasteiger partial charge in [-0.3, -0.25) is 4.79 Å². The van der Waals surface area contributed by atoms with Crippen LogP contribution in [0, 0.1) is 5.92 Å². The predicted octanol–water partition coefficient (Wildman–Crippen LogP) is 2.15. The first-order valence-electron chi connectivity index (χ1n) is 8.80. The van der Waals surface area contributed by atoms with Gasteiger partial charge < -0.3 is 15.0 Å². The Morgan fingerprint density at radius 3 is 2.74 bits per heavy atom. The standard InChI is InChI=1S/C17H26N4O2/c22-17(14-6-2-3-7-14)18-8-11-23-16-12-15(19-13-20-16)21-9-4-1-5-10-21/h12-14H,1-11H2,(H,18,22). The van der Waals surface area contributed by atoms with E-state index in [2.05, 4.69) is 20.2 Å². The fourth-order valence-electron chi connectivity index (χ4n) is 3.37. The van der Waals surface area contributed by atoms with Gasteiger partial charge in [-0.15, -0.1) is 0 Å². The summed E-state index contributed by atoms with van der Waals surface area (Å²) in [6, 6.07) is 1.89. The van der Waals surface area contributed by atoms with Crippen LogP contribution in [-0.2, 0) is 4.79 Å². The van der Waals surface area contributed by atoms with Crippen molar-refractivity contribution in [2.24, 2.45) is 5.92 Å². The number of aromatic nitrogens is 2. The van der Waals surface area contributed by atoms with Gasteiger partial charge in [-0.1, -0.05) is 12.8 Å². The highest BCUT2D eigenvalue weighted by Gasteiger charge is 2.22. The predicted molar refractivity (Wildman–Crippen MR) is 88.6 cm³/mol. The Balaban J connectivity index is 1.42. The van der Waals surface area contributed by atoms with Crippen LogP contribution in [0.3, 0.4) is 0 Å². The summed E-state index contributed by atoms with van der Waals surface area (Å²) in [5.74, 6) is 1.89. The van der Waals surface area contributed by atoms with Crippen LogP contribution >= 0.6 is 0 Å². The van der Waals surface area contributed by atoms with Crippen LogP contribution in [0.2, 0.25) is 0 Å². The maximum atomic E-state index is 11.9. The maximum Gasteiger partial charge on any atom is 0.223 e. The summed E-state index contributed by atoms with van der Waals surface area (Å²) in [5, 5.41) is 2.96. The number of hydrogen-bond donors (Lipinski definition) is 1. The molecule has 2 aliphatic rings. The molecule has 1 aromatic rings. The zero-order chi connectivity index (χ0) is 15.9. The van der Waals surface area contributed by atoms with E-state index >= 15 is 0 Å². The van der Waals surface area contributed by atoms with Gasteiger partial charge in [-0.05, 0) is 32.1 Å². The molecule has 2 fully saturated rings. The molecule has 1 aliphatic carbocycles. The third-order valence-corrected chi connectivity index (χ3v) is 4.68. The molecule has 2 heterocycles. The first kappa shape index (κ1) is 16.0. The van der Waals surface area contributed by atoms with Crippen LogP contribution in [0.15, 0.2) is 12.4 Å². The molecular formula is C17H26N4O2. The Labute approximate surface area is 137 Å². The van der Waals surface area contributed by atoms with Gasteiger partial charge in [0.2, 0.25) is 11.8 Å². The quantitative estimate of drug-likeness (QED) is 0.814. The summed E-state index contributed by atoms with van der Waals surface area (Å²) in [5.41, 5.74) is 0. The number of carbonyl (C=O) groups is 1. The van der Waals surface area contributed by atoms with Gasteiger partial charge in [0.05, 0.1) is 6.54 Å². The Hall–Kier alpha value is -1.85. The van der Waals surface area contributed by atoms with E-state index in [0.29, 0.717) is 19.0 Å². The molecule has 6 heteroatoms. The minimum absolute atomic E-state index is 0.169. The second kappa shape index (κ2) is 8.13. The number of hydrogen-bond acceptors (Lipinski definition) is 5. The largest absolute Gasteiger partial charge is 0.476 e. The Bertz CT molecular complexity index is 511. The molecule has 0 radical (unpaired) electrons. The number of carbonyl (C=O) groups excluding carboxylic acids is 1. The van der Waals surface area contributed by atoms with Gasteiger partial charge >= 0.3 is 0 Å². The van der Waals surface area contributed by atoms with Gasteiger partial charge in [0, 0.05) is 25.1 Å². The molecule has 126 valence electrons. The van der Waals surface area contributed by atoms with E-state index in [1.165, 1.54) is 32.1 Å². The molecule has 1 amide bonds. The number of nitrogens with one attached hydrogen (secondary N) is 1. The molecule has 1 saturated heterocycles. The number of amides is 1. The molecule has 0 atom stereocenters. The second-order valence-corrected chi connectivity index (χ2v) is 6.38. The summed E-state index contributed by atoms with van der Waals surface area (Å²) < 4.78 is 5.66. The smallest absolute Gasteiger partial charge is 0.223 e. The maximum absolute atomic E-state index is 11.9. The van der Waals surface area contributed by atoms with Crippen LogP contribution in [0.1, 0.15) is 44.9 Å².